The van der Waals surface area contributed by atoms with Gasteiger partial charge in [-0.15, -0.1) is 0 Å². The summed E-state index contributed by atoms with van der Waals surface area (Å²) >= 11 is 0. The first-order valence-corrected chi connectivity index (χ1v) is 7.95. The predicted molar refractivity (Wildman–Crippen MR) is 86.6 cm³/mol. The molecule has 1 fully saturated rings. The van der Waals surface area contributed by atoms with Gasteiger partial charge in [-0.3, -0.25) is 4.40 Å². The van der Waals surface area contributed by atoms with Crippen LogP contribution < -0.4 is 4.90 Å². The Hall–Kier alpha value is -3.26. The lowest BCUT2D eigenvalue weighted by molar-refractivity contribution is -0.141. The summed E-state index contributed by atoms with van der Waals surface area (Å²) in [6.07, 6.45) is -0.302. The van der Waals surface area contributed by atoms with E-state index in [0.717, 1.165) is 12.4 Å². The molecule has 0 amide bonds. The van der Waals surface area contributed by atoms with Gasteiger partial charge < -0.3 is 9.64 Å². The zero-order valence-corrected chi connectivity index (χ0v) is 13.8. The number of imidazole rings is 1. The molecule has 3 aromatic rings. The van der Waals surface area contributed by atoms with Crippen LogP contribution in [0.25, 0.3) is 17.2 Å². The number of nitrogens with zero attached hydrogens (tertiary/aromatic N) is 7. The van der Waals surface area contributed by atoms with Crippen LogP contribution in [-0.4, -0.2) is 50.1 Å². The Balaban J connectivity index is 1.73. The van der Waals surface area contributed by atoms with Crippen molar-refractivity contribution in [2.24, 2.45) is 0 Å². The van der Waals surface area contributed by atoms with Gasteiger partial charge in [0.1, 0.15) is 11.5 Å². The summed E-state index contributed by atoms with van der Waals surface area (Å²) in [5, 5.41) is 9.03. The Morgan fingerprint density at radius 2 is 2.07 bits per heavy atom. The first-order chi connectivity index (χ1) is 13.0. The van der Waals surface area contributed by atoms with Crippen LogP contribution in [0.4, 0.5) is 19.0 Å². The fraction of sp³-hybridized carbons (Fsp3) is 0.312. The summed E-state index contributed by atoms with van der Waals surface area (Å²) in [6.45, 7) is 1.28. The van der Waals surface area contributed by atoms with Crippen LogP contribution in [0.3, 0.4) is 0 Å². The van der Waals surface area contributed by atoms with Crippen molar-refractivity contribution in [2.45, 2.75) is 12.3 Å². The van der Waals surface area contributed by atoms with Gasteiger partial charge in [-0.25, -0.2) is 19.9 Å². The van der Waals surface area contributed by atoms with Crippen LogP contribution in [0, 0.1) is 11.3 Å². The first-order valence-electron chi connectivity index (χ1n) is 7.95. The number of rotatable bonds is 2. The van der Waals surface area contributed by atoms with E-state index in [4.69, 9.17) is 10.00 Å². The Labute approximate surface area is 150 Å². The van der Waals surface area contributed by atoms with E-state index in [-0.39, 0.29) is 11.5 Å². The highest BCUT2D eigenvalue weighted by Gasteiger charge is 2.33. The van der Waals surface area contributed by atoms with Crippen molar-refractivity contribution in [3.05, 3.63) is 36.5 Å². The number of nitriles is 1. The van der Waals surface area contributed by atoms with Crippen molar-refractivity contribution in [1.29, 1.82) is 5.26 Å². The van der Waals surface area contributed by atoms with Crippen molar-refractivity contribution in [1.82, 2.24) is 24.3 Å². The van der Waals surface area contributed by atoms with E-state index in [2.05, 4.69) is 26.0 Å². The molecule has 0 aromatic carbocycles. The SMILES string of the molecule is N#CC1CN(c2ccnc(-c3cnc4cnc(C(F)(F)F)cn34)n2)CCO1. The van der Waals surface area contributed by atoms with E-state index >= 15 is 0 Å². The van der Waals surface area contributed by atoms with Crippen molar-refractivity contribution in [3.8, 4) is 17.6 Å². The van der Waals surface area contributed by atoms with Crippen LogP contribution in [0.5, 0.6) is 0 Å². The van der Waals surface area contributed by atoms with E-state index < -0.39 is 18.0 Å². The molecule has 0 radical (unpaired) electrons. The number of anilines is 1. The standard InChI is InChI=1S/C16H12F3N7O/c17-16(18,19)12-9-26-11(6-23-14(26)7-22-12)15-21-2-1-13(24-15)25-3-4-27-10(5-20)8-25/h1-2,6-7,9-10H,3-4,8H2. The van der Waals surface area contributed by atoms with Crippen LogP contribution >= 0.6 is 0 Å². The molecule has 4 heterocycles. The van der Waals surface area contributed by atoms with Gasteiger partial charge in [-0.1, -0.05) is 0 Å². The fourth-order valence-electron chi connectivity index (χ4n) is 2.79. The summed E-state index contributed by atoms with van der Waals surface area (Å²) in [5.41, 5.74) is -0.469. The second-order valence-corrected chi connectivity index (χ2v) is 5.81. The summed E-state index contributed by atoms with van der Waals surface area (Å²) in [7, 11) is 0. The lowest BCUT2D eigenvalue weighted by Crippen LogP contribution is -2.42. The maximum atomic E-state index is 13.0. The quantitative estimate of drug-likeness (QED) is 0.676. The minimum absolute atomic E-state index is 0.222. The van der Waals surface area contributed by atoms with E-state index in [9.17, 15) is 13.2 Å². The van der Waals surface area contributed by atoms with Crippen molar-refractivity contribution in [3.63, 3.8) is 0 Å². The third kappa shape index (κ3) is 3.26. The molecule has 8 nitrogen and oxygen atoms in total. The van der Waals surface area contributed by atoms with E-state index in [0.29, 0.717) is 31.2 Å². The van der Waals surface area contributed by atoms with Crippen LogP contribution in [0.15, 0.2) is 30.9 Å². The summed E-state index contributed by atoms with van der Waals surface area (Å²) < 4.78 is 45.4. The molecule has 4 rings (SSSR count). The van der Waals surface area contributed by atoms with Gasteiger partial charge in [0.15, 0.2) is 23.3 Å². The molecular formula is C16H12F3N7O. The summed E-state index contributed by atoms with van der Waals surface area (Å²) in [4.78, 5) is 17.9. The molecule has 0 aliphatic carbocycles. The van der Waals surface area contributed by atoms with Gasteiger partial charge in [0, 0.05) is 18.9 Å². The second-order valence-electron chi connectivity index (χ2n) is 5.81. The predicted octanol–water partition coefficient (Wildman–Crippen LogP) is 1.93. The van der Waals surface area contributed by atoms with Gasteiger partial charge in [-0.2, -0.15) is 18.4 Å². The number of halogens is 3. The molecule has 3 aromatic heterocycles. The maximum absolute atomic E-state index is 13.0. The average Bonchev–Trinajstić information content (AvgIpc) is 3.11. The Morgan fingerprint density at radius 3 is 2.85 bits per heavy atom. The first kappa shape index (κ1) is 17.2. The highest BCUT2D eigenvalue weighted by Crippen LogP contribution is 2.28. The molecular weight excluding hydrogens is 363 g/mol. The minimum atomic E-state index is -4.57. The number of aromatic nitrogens is 5. The smallest absolute Gasteiger partial charge is 0.360 e. The highest BCUT2D eigenvalue weighted by atomic mass is 19.4. The Morgan fingerprint density at radius 1 is 1.22 bits per heavy atom. The lowest BCUT2D eigenvalue weighted by Gasteiger charge is -2.30. The third-order valence-corrected chi connectivity index (χ3v) is 4.09. The summed E-state index contributed by atoms with van der Waals surface area (Å²) in [5.74, 6) is 0.780. The molecule has 1 aliphatic heterocycles. The molecule has 0 N–H and O–H groups in total. The van der Waals surface area contributed by atoms with Gasteiger partial charge in [0.05, 0.1) is 31.6 Å². The molecule has 27 heavy (non-hydrogen) atoms. The zero-order chi connectivity index (χ0) is 19.0. The molecule has 11 heteroatoms. The van der Waals surface area contributed by atoms with Crippen molar-refractivity contribution in [2.75, 3.05) is 24.6 Å². The number of alkyl halides is 3. The Bertz CT molecular complexity index is 1030. The molecule has 138 valence electrons. The number of ether oxygens (including phenoxy) is 1. The molecule has 0 spiro atoms. The van der Waals surface area contributed by atoms with Gasteiger partial charge in [0.25, 0.3) is 0 Å². The monoisotopic (exact) mass is 375 g/mol. The molecule has 1 unspecified atom stereocenters. The normalized spacial score (nSPS) is 17.9. The molecule has 1 aliphatic rings. The van der Waals surface area contributed by atoms with Gasteiger partial charge in [-0.05, 0) is 6.07 Å². The topological polar surface area (TPSA) is 92.2 Å². The Kier molecular flexibility index (Phi) is 4.12. The fourth-order valence-corrected chi connectivity index (χ4v) is 2.79. The molecule has 1 atom stereocenters. The van der Waals surface area contributed by atoms with Crippen LogP contribution in [-0.2, 0) is 10.9 Å². The summed E-state index contributed by atoms with van der Waals surface area (Å²) in [6, 6.07) is 3.73. The van der Waals surface area contributed by atoms with Gasteiger partial charge in [0.2, 0.25) is 0 Å². The average molecular weight is 375 g/mol. The second kappa shape index (κ2) is 6.48. The largest absolute Gasteiger partial charge is 0.434 e. The van der Waals surface area contributed by atoms with Crippen molar-refractivity contribution >= 4 is 11.5 Å². The minimum Gasteiger partial charge on any atom is -0.360 e. The number of hydrogen-bond acceptors (Lipinski definition) is 7. The molecule has 1 saturated heterocycles. The zero-order valence-electron chi connectivity index (χ0n) is 13.8. The van der Waals surface area contributed by atoms with E-state index in [1.54, 1.807) is 6.07 Å². The van der Waals surface area contributed by atoms with Gasteiger partial charge >= 0.3 is 6.18 Å². The maximum Gasteiger partial charge on any atom is 0.434 e. The van der Waals surface area contributed by atoms with Crippen LogP contribution in [0.2, 0.25) is 0 Å². The van der Waals surface area contributed by atoms with E-state index in [1.165, 1.54) is 16.8 Å². The van der Waals surface area contributed by atoms with E-state index in [1.807, 2.05) is 4.90 Å². The number of morpholine rings is 1. The third-order valence-electron chi connectivity index (χ3n) is 4.09. The highest BCUT2D eigenvalue weighted by molar-refractivity contribution is 5.58. The molecule has 0 bridgehead atoms. The number of fused-ring (bicyclic) bond motifs is 1. The van der Waals surface area contributed by atoms with Crippen LogP contribution in [0.1, 0.15) is 5.69 Å². The lowest BCUT2D eigenvalue weighted by atomic mass is 10.3. The number of hydrogen-bond donors (Lipinski definition) is 0. The molecule has 0 saturated carbocycles. The van der Waals surface area contributed by atoms with Crippen molar-refractivity contribution < 1.29 is 17.9 Å².